The summed E-state index contributed by atoms with van der Waals surface area (Å²) in [6.07, 6.45) is -4.16. The third-order valence-electron chi connectivity index (χ3n) is 5.38. The molecule has 0 aliphatic carbocycles. The summed E-state index contributed by atoms with van der Waals surface area (Å²) in [5.74, 6) is -3.39. The Balaban J connectivity index is 1.98. The number of alkyl halides is 3. The van der Waals surface area contributed by atoms with Gasteiger partial charge in [0.05, 0.1) is 18.0 Å². The molecule has 8 nitrogen and oxygen atoms in total. The number of carboxylic acid groups (broad SMARTS) is 1. The lowest BCUT2D eigenvalue weighted by atomic mass is 9.86. The number of aromatic nitrogens is 2. The SMILES string of the molecule is Cn1cc(C(=O)NC(C)(C(=O)O)C(NC(=O)Cc2ccccc2)c2ccccc2)c(C(F)(F)F)n1. The molecule has 3 rings (SSSR count). The van der Waals surface area contributed by atoms with Crippen LogP contribution in [0.15, 0.2) is 66.9 Å². The molecule has 0 spiro atoms. The zero-order chi connectivity index (χ0) is 25.8. The van der Waals surface area contributed by atoms with E-state index in [4.69, 9.17) is 0 Å². The van der Waals surface area contributed by atoms with Gasteiger partial charge in [-0.25, -0.2) is 4.79 Å². The van der Waals surface area contributed by atoms with Crippen LogP contribution in [-0.4, -0.2) is 38.2 Å². The van der Waals surface area contributed by atoms with Crippen LogP contribution in [0.3, 0.4) is 0 Å². The van der Waals surface area contributed by atoms with Gasteiger partial charge in [0.15, 0.2) is 11.2 Å². The largest absolute Gasteiger partial charge is 0.479 e. The maximum absolute atomic E-state index is 13.4. The third kappa shape index (κ3) is 5.86. The molecule has 3 N–H and O–H groups in total. The number of aryl methyl sites for hydroxylation is 1. The fourth-order valence-corrected chi connectivity index (χ4v) is 3.62. The van der Waals surface area contributed by atoms with E-state index in [0.717, 1.165) is 17.8 Å². The van der Waals surface area contributed by atoms with Crippen LogP contribution >= 0.6 is 0 Å². The molecule has 11 heteroatoms. The summed E-state index contributed by atoms with van der Waals surface area (Å²) in [6.45, 7) is 1.12. The van der Waals surface area contributed by atoms with Gasteiger partial charge in [0.1, 0.15) is 0 Å². The molecule has 3 aromatic rings. The minimum atomic E-state index is -4.93. The second-order valence-corrected chi connectivity index (χ2v) is 8.10. The first-order chi connectivity index (χ1) is 16.4. The van der Waals surface area contributed by atoms with Crippen molar-refractivity contribution in [1.29, 1.82) is 0 Å². The molecule has 0 fully saturated rings. The van der Waals surface area contributed by atoms with Crippen molar-refractivity contribution in [3.63, 3.8) is 0 Å². The van der Waals surface area contributed by atoms with Crippen molar-refractivity contribution < 1.29 is 32.7 Å². The summed E-state index contributed by atoms with van der Waals surface area (Å²) in [4.78, 5) is 38.2. The fraction of sp³-hybridized carbons (Fsp3) is 0.250. The number of nitrogens with one attached hydrogen (secondary N) is 2. The van der Waals surface area contributed by atoms with E-state index in [9.17, 15) is 32.7 Å². The van der Waals surface area contributed by atoms with Crippen LogP contribution < -0.4 is 10.6 Å². The highest BCUT2D eigenvalue weighted by molar-refractivity contribution is 5.99. The van der Waals surface area contributed by atoms with Gasteiger partial charge in [-0.1, -0.05) is 60.7 Å². The standard InChI is InChI=1S/C24H23F3N4O4/c1-23(22(34)35,29-21(33)17-14-31(2)30-20(17)24(25,26)27)19(16-11-7-4-8-12-16)28-18(32)13-15-9-5-3-6-10-15/h3-12,14,19H,13H2,1-2H3,(H,28,32)(H,29,33)(H,34,35). The van der Waals surface area contributed by atoms with Gasteiger partial charge in [-0.15, -0.1) is 0 Å². The maximum Gasteiger partial charge on any atom is 0.435 e. The Morgan fingerprint density at radius 2 is 1.60 bits per heavy atom. The number of amides is 2. The van der Waals surface area contributed by atoms with Crippen LogP contribution in [0.2, 0.25) is 0 Å². The molecule has 2 amide bonds. The van der Waals surface area contributed by atoms with E-state index >= 15 is 0 Å². The van der Waals surface area contributed by atoms with Crippen LogP contribution in [0.5, 0.6) is 0 Å². The first-order valence-corrected chi connectivity index (χ1v) is 10.5. The van der Waals surface area contributed by atoms with E-state index in [1.807, 2.05) is 0 Å². The van der Waals surface area contributed by atoms with E-state index in [1.54, 1.807) is 60.7 Å². The molecule has 0 saturated heterocycles. The summed E-state index contributed by atoms with van der Waals surface area (Å²) in [5.41, 5.74) is -3.50. The second kappa shape index (κ2) is 10.00. The topological polar surface area (TPSA) is 113 Å². The molecular formula is C24H23F3N4O4. The Morgan fingerprint density at radius 3 is 2.14 bits per heavy atom. The van der Waals surface area contributed by atoms with E-state index < -0.39 is 46.8 Å². The normalized spacial score (nSPS) is 14.0. The van der Waals surface area contributed by atoms with Crippen molar-refractivity contribution in [2.24, 2.45) is 7.05 Å². The lowest BCUT2D eigenvalue weighted by Crippen LogP contribution is -2.60. The van der Waals surface area contributed by atoms with Gasteiger partial charge in [0.25, 0.3) is 5.91 Å². The van der Waals surface area contributed by atoms with Crippen LogP contribution in [0, 0.1) is 0 Å². The van der Waals surface area contributed by atoms with Crippen LogP contribution in [-0.2, 0) is 29.2 Å². The number of carbonyl (C=O) groups excluding carboxylic acids is 2. The summed E-state index contributed by atoms with van der Waals surface area (Å²) in [7, 11) is 1.21. The second-order valence-electron chi connectivity index (χ2n) is 8.10. The molecule has 184 valence electrons. The first-order valence-electron chi connectivity index (χ1n) is 10.5. The summed E-state index contributed by atoms with van der Waals surface area (Å²) in [6, 6.07) is 15.4. The minimum absolute atomic E-state index is 0.0748. The maximum atomic E-state index is 13.4. The van der Waals surface area contributed by atoms with Crippen molar-refractivity contribution in [3.05, 3.63) is 89.2 Å². The van der Waals surface area contributed by atoms with E-state index in [2.05, 4.69) is 15.7 Å². The van der Waals surface area contributed by atoms with Gasteiger partial charge in [-0.3, -0.25) is 14.3 Å². The Morgan fingerprint density at radius 1 is 1.03 bits per heavy atom. The van der Waals surface area contributed by atoms with Gasteiger partial charge in [-0.05, 0) is 18.1 Å². The summed E-state index contributed by atoms with van der Waals surface area (Å²) >= 11 is 0. The molecule has 35 heavy (non-hydrogen) atoms. The Labute approximate surface area is 198 Å². The van der Waals surface area contributed by atoms with E-state index in [0.29, 0.717) is 11.1 Å². The number of rotatable bonds is 8. The molecule has 1 aromatic heterocycles. The fourth-order valence-electron chi connectivity index (χ4n) is 3.62. The molecule has 2 unspecified atom stereocenters. The summed E-state index contributed by atoms with van der Waals surface area (Å²) < 4.78 is 41.0. The lowest BCUT2D eigenvalue weighted by molar-refractivity contribution is -0.145. The first kappa shape index (κ1) is 25.5. The molecule has 0 aliphatic heterocycles. The number of halogens is 3. The number of carboxylic acids is 1. The predicted molar refractivity (Wildman–Crippen MR) is 119 cm³/mol. The Kier molecular flexibility index (Phi) is 7.28. The average Bonchev–Trinajstić information content (AvgIpc) is 3.21. The van der Waals surface area contributed by atoms with Gasteiger partial charge < -0.3 is 15.7 Å². The highest BCUT2D eigenvalue weighted by atomic mass is 19.4. The quantitative estimate of drug-likeness (QED) is 0.451. The minimum Gasteiger partial charge on any atom is -0.479 e. The van der Waals surface area contributed by atoms with Crippen LogP contribution in [0.4, 0.5) is 13.2 Å². The van der Waals surface area contributed by atoms with Gasteiger partial charge in [0.2, 0.25) is 5.91 Å². The van der Waals surface area contributed by atoms with Gasteiger partial charge >= 0.3 is 12.1 Å². The smallest absolute Gasteiger partial charge is 0.435 e. The molecular weight excluding hydrogens is 465 g/mol. The number of nitrogens with zero attached hydrogens (tertiary/aromatic N) is 2. The number of carbonyl (C=O) groups is 3. The predicted octanol–water partition coefficient (Wildman–Crippen LogP) is 3.11. The van der Waals surface area contributed by atoms with Crippen molar-refractivity contribution in [1.82, 2.24) is 20.4 Å². The van der Waals surface area contributed by atoms with Gasteiger partial charge in [0, 0.05) is 13.2 Å². The number of aliphatic carboxylic acids is 1. The Bertz CT molecular complexity index is 1210. The molecule has 0 radical (unpaired) electrons. The van der Waals surface area contributed by atoms with Crippen molar-refractivity contribution in [2.75, 3.05) is 0 Å². The van der Waals surface area contributed by atoms with Gasteiger partial charge in [-0.2, -0.15) is 18.3 Å². The Hall–Kier alpha value is -4.15. The average molecular weight is 488 g/mol. The highest BCUT2D eigenvalue weighted by Gasteiger charge is 2.47. The molecule has 2 atom stereocenters. The monoisotopic (exact) mass is 488 g/mol. The molecule has 0 bridgehead atoms. The number of benzene rings is 2. The van der Waals surface area contributed by atoms with Crippen molar-refractivity contribution >= 4 is 17.8 Å². The molecule has 2 aromatic carbocycles. The molecule has 0 saturated carbocycles. The molecule has 1 heterocycles. The summed E-state index contributed by atoms with van der Waals surface area (Å²) in [5, 5.41) is 18.2. The third-order valence-corrected chi connectivity index (χ3v) is 5.38. The van der Waals surface area contributed by atoms with Crippen LogP contribution in [0.25, 0.3) is 0 Å². The number of hydrogen-bond acceptors (Lipinski definition) is 4. The van der Waals surface area contributed by atoms with E-state index in [-0.39, 0.29) is 6.42 Å². The molecule has 0 aliphatic rings. The zero-order valence-electron chi connectivity index (χ0n) is 18.8. The highest BCUT2D eigenvalue weighted by Crippen LogP contribution is 2.32. The van der Waals surface area contributed by atoms with Crippen LogP contribution in [0.1, 0.15) is 40.1 Å². The van der Waals surface area contributed by atoms with Crippen molar-refractivity contribution in [3.8, 4) is 0 Å². The van der Waals surface area contributed by atoms with E-state index in [1.165, 1.54) is 7.05 Å². The lowest BCUT2D eigenvalue weighted by Gasteiger charge is -2.35. The zero-order valence-corrected chi connectivity index (χ0v) is 18.8. The van der Waals surface area contributed by atoms with Crippen molar-refractivity contribution in [2.45, 2.75) is 31.1 Å². The number of hydrogen-bond donors (Lipinski definition) is 3.